The summed E-state index contributed by atoms with van der Waals surface area (Å²) in [6.45, 7) is 5.77. The quantitative estimate of drug-likeness (QED) is 0.706. The second-order valence-corrected chi connectivity index (χ2v) is 7.62. The topological polar surface area (TPSA) is 63.8 Å². The summed E-state index contributed by atoms with van der Waals surface area (Å²) in [4.78, 5) is 2.47. The number of nitrogens with zero attached hydrogens (tertiary/aromatic N) is 6. The van der Waals surface area contributed by atoms with E-state index in [2.05, 4.69) is 30.1 Å². The molecule has 5 rings (SSSR count). The Balaban J connectivity index is 0.00000205. The highest BCUT2D eigenvalue weighted by Gasteiger charge is 2.27. The number of nitrogens with one attached hydrogen (secondary N) is 1. The highest BCUT2D eigenvalue weighted by molar-refractivity contribution is 5.85. The molecule has 1 N–H and O–H groups in total. The third-order valence-electron chi connectivity index (χ3n) is 5.74. The average Bonchev–Trinajstić information content (AvgIpc) is 3.36. The second kappa shape index (κ2) is 8.61. The Morgan fingerprint density at radius 3 is 2.66 bits per heavy atom. The minimum absolute atomic E-state index is 0. The van der Waals surface area contributed by atoms with Crippen LogP contribution in [-0.2, 0) is 19.6 Å². The molecule has 0 bridgehead atoms. The predicted molar refractivity (Wildman–Crippen MR) is 110 cm³/mol. The Morgan fingerprint density at radius 1 is 1.07 bits per heavy atom. The average molecular weight is 418 g/mol. The number of fused-ring (bicyclic) bond motifs is 1. The molecule has 3 aromatic rings. The lowest BCUT2D eigenvalue weighted by Crippen LogP contribution is -2.34. The third kappa shape index (κ3) is 4.19. The first-order valence-electron chi connectivity index (χ1n) is 9.91. The molecule has 1 fully saturated rings. The summed E-state index contributed by atoms with van der Waals surface area (Å²) in [6.07, 6.45) is 6.15. The van der Waals surface area contributed by atoms with Crippen LogP contribution in [0.25, 0.3) is 5.69 Å². The molecule has 9 heteroatoms. The van der Waals surface area contributed by atoms with E-state index in [0.29, 0.717) is 5.92 Å². The number of piperidine rings is 1. The largest absolute Gasteiger partial charge is 0.312 e. The molecule has 0 amide bonds. The van der Waals surface area contributed by atoms with Gasteiger partial charge in [-0.05, 0) is 50.2 Å². The van der Waals surface area contributed by atoms with Crippen LogP contribution in [0.3, 0.4) is 0 Å². The Morgan fingerprint density at radius 2 is 1.86 bits per heavy atom. The number of hydrogen-bond donors (Lipinski definition) is 1. The van der Waals surface area contributed by atoms with E-state index in [1.807, 2.05) is 12.4 Å². The number of halogens is 2. The summed E-state index contributed by atoms with van der Waals surface area (Å²) >= 11 is 0. The van der Waals surface area contributed by atoms with Gasteiger partial charge in [0, 0.05) is 37.3 Å². The highest BCUT2D eigenvalue weighted by atomic mass is 35.5. The molecule has 7 nitrogen and oxygen atoms in total. The molecule has 0 unspecified atom stereocenters. The molecule has 2 aromatic heterocycles. The molecule has 4 heterocycles. The van der Waals surface area contributed by atoms with Crippen LogP contribution in [0.15, 0.2) is 36.7 Å². The SMILES string of the molecule is Cl.Fc1ccc(-n2cc(CN3CCC(c4nnc5n4CCNC5)CC3)cn2)cc1. The zero-order valence-corrected chi connectivity index (χ0v) is 17.0. The summed E-state index contributed by atoms with van der Waals surface area (Å²) < 4.78 is 17.2. The van der Waals surface area contributed by atoms with Crippen molar-refractivity contribution < 1.29 is 4.39 Å². The van der Waals surface area contributed by atoms with Crippen LogP contribution >= 0.6 is 12.4 Å². The third-order valence-corrected chi connectivity index (χ3v) is 5.74. The van der Waals surface area contributed by atoms with Gasteiger partial charge in [0.05, 0.1) is 18.4 Å². The fourth-order valence-corrected chi connectivity index (χ4v) is 4.20. The lowest BCUT2D eigenvalue weighted by Gasteiger charge is -2.31. The minimum atomic E-state index is -0.232. The highest BCUT2D eigenvalue weighted by Crippen LogP contribution is 2.28. The normalized spacial score (nSPS) is 17.7. The molecular weight excluding hydrogens is 393 g/mol. The van der Waals surface area contributed by atoms with Gasteiger partial charge in [0.25, 0.3) is 0 Å². The first-order chi connectivity index (χ1) is 13.8. The van der Waals surface area contributed by atoms with Crippen molar-refractivity contribution in [1.29, 1.82) is 0 Å². The molecule has 1 aromatic carbocycles. The Bertz CT molecular complexity index is 944. The first-order valence-corrected chi connectivity index (χ1v) is 9.91. The maximum Gasteiger partial charge on any atom is 0.147 e. The van der Waals surface area contributed by atoms with E-state index in [4.69, 9.17) is 0 Å². The van der Waals surface area contributed by atoms with Gasteiger partial charge in [-0.15, -0.1) is 22.6 Å². The summed E-state index contributed by atoms with van der Waals surface area (Å²) in [5.41, 5.74) is 2.05. The number of hydrogen-bond acceptors (Lipinski definition) is 5. The molecule has 0 radical (unpaired) electrons. The Kier molecular flexibility index (Phi) is 5.94. The summed E-state index contributed by atoms with van der Waals surface area (Å²) in [5.74, 6) is 2.50. The molecule has 0 spiro atoms. The van der Waals surface area contributed by atoms with Gasteiger partial charge < -0.3 is 9.88 Å². The van der Waals surface area contributed by atoms with Gasteiger partial charge >= 0.3 is 0 Å². The van der Waals surface area contributed by atoms with Gasteiger partial charge in [0.2, 0.25) is 0 Å². The van der Waals surface area contributed by atoms with Gasteiger partial charge in [-0.2, -0.15) is 5.10 Å². The monoisotopic (exact) mass is 417 g/mol. The lowest BCUT2D eigenvalue weighted by atomic mass is 9.95. The zero-order valence-electron chi connectivity index (χ0n) is 16.2. The lowest BCUT2D eigenvalue weighted by molar-refractivity contribution is 0.199. The summed E-state index contributed by atoms with van der Waals surface area (Å²) in [5, 5.41) is 16.6. The van der Waals surface area contributed by atoms with Crippen molar-refractivity contribution >= 4 is 12.4 Å². The maximum absolute atomic E-state index is 13.1. The van der Waals surface area contributed by atoms with Crippen LogP contribution in [0.5, 0.6) is 0 Å². The number of likely N-dealkylation sites (tertiary alicyclic amines) is 1. The molecular formula is C20H25ClFN7. The van der Waals surface area contributed by atoms with E-state index in [9.17, 15) is 4.39 Å². The van der Waals surface area contributed by atoms with Crippen LogP contribution in [0.1, 0.15) is 36.0 Å². The van der Waals surface area contributed by atoms with Crippen LogP contribution in [-0.4, -0.2) is 49.1 Å². The molecule has 154 valence electrons. The van der Waals surface area contributed by atoms with E-state index in [1.54, 1.807) is 16.8 Å². The van der Waals surface area contributed by atoms with E-state index >= 15 is 0 Å². The van der Waals surface area contributed by atoms with E-state index in [-0.39, 0.29) is 18.2 Å². The molecule has 1 saturated heterocycles. The summed E-state index contributed by atoms with van der Waals surface area (Å²) in [7, 11) is 0. The fourth-order valence-electron chi connectivity index (χ4n) is 4.20. The van der Waals surface area contributed by atoms with Gasteiger partial charge in [-0.25, -0.2) is 9.07 Å². The predicted octanol–water partition coefficient (Wildman–Crippen LogP) is 2.51. The number of rotatable bonds is 4. The smallest absolute Gasteiger partial charge is 0.147 e. The van der Waals surface area contributed by atoms with E-state index < -0.39 is 0 Å². The molecule has 29 heavy (non-hydrogen) atoms. The zero-order chi connectivity index (χ0) is 18.9. The molecule has 0 aliphatic carbocycles. The van der Waals surface area contributed by atoms with Crippen molar-refractivity contribution in [3.63, 3.8) is 0 Å². The minimum Gasteiger partial charge on any atom is -0.312 e. The van der Waals surface area contributed by atoms with E-state index in [1.165, 1.54) is 23.5 Å². The van der Waals surface area contributed by atoms with Crippen LogP contribution in [0.4, 0.5) is 4.39 Å². The van der Waals surface area contributed by atoms with Crippen LogP contribution in [0, 0.1) is 5.82 Å². The molecule has 0 atom stereocenters. The second-order valence-electron chi connectivity index (χ2n) is 7.62. The van der Waals surface area contributed by atoms with Gasteiger partial charge in [0.15, 0.2) is 0 Å². The van der Waals surface area contributed by atoms with Crippen LogP contribution < -0.4 is 5.32 Å². The fraction of sp³-hybridized carbons (Fsp3) is 0.450. The summed E-state index contributed by atoms with van der Waals surface area (Å²) in [6, 6.07) is 6.40. The standard InChI is InChI=1S/C20H24FN7.ClH/c21-17-1-3-18(4-2-17)28-14-15(11-23-28)13-26-8-5-16(6-9-26)20-25-24-19-12-22-7-10-27(19)20;/h1-4,11,14,16,22H,5-10,12-13H2;1H. The van der Waals surface area contributed by atoms with Gasteiger partial charge in [-0.1, -0.05) is 0 Å². The first kappa shape index (κ1) is 20.0. The molecule has 0 saturated carbocycles. The van der Waals surface area contributed by atoms with Crippen molar-refractivity contribution in [2.45, 2.75) is 38.4 Å². The van der Waals surface area contributed by atoms with E-state index in [0.717, 1.165) is 63.6 Å². The van der Waals surface area contributed by atoms with Crippen molar-refractivity contribution in [2.75, 3.05) is 19.6 Å². The Hall–Kier alpha value is -2.29. The molecule has 2 aliphatic rings. The maximum atomic E-state index is 13.1. The Labute approximate surface area is 175 Å². The van der Waals surface area contributed by atoms with Crippen LogP contribution in [0.2, 0.25) is 0 Å². The van der Waals surface area contributed by atoms with Gasteiger partial charge in [0.1, 0.15) is 17.5 Å². The van der Waals surface area contributed by atoms with Crippen molar-refractivity contribution in [3.05, 3.63) is 59.7 Å². The number of benzene rings is 1. The number of aromatic nitrogens is 5. The van der Waals surface area contributed by atoms with Crippen molar-refractivity contribution in [2.24, 2.45) is 0 Å². The van der Waals surface area contributed by atoms with Crippen molar-refractivity contribution in [3.8, 4) is 5.69 Å². The van der Waals surface area contributed by atoms with Crippen molar-refractivity contribution in [1.82, 2.24) is 34.8 Å². The molecule has 2 aliphatic heterocycles. The van der Waals surface area contributed by atoms with Gasteiger partial charge in [-0.3, -0.25) is 4.90 Å².